The zero-order valence-electron chi connectivity index (χ0n) is 23.3. The van der Waals surface area contributed by atoms with Crippen molar-refractivity contribution in [2.24, 2.45) is 5.41 Å². The van der Waals surface area contributed by atoms with Gasteiger partial charge in [-0.2, -0.15) is 0 Å². The third-order valence-electron chi connectivity index (χ3n) is 8.73. The predicted octanol–water partition coefficient (Wildman–Crippen LogP) is 6.47. The van der Waals surface area contributed by atoms with Gasteiger partial charge >= 0.3 is 18.0 Å². The highest BCUT2D eigenvalue weighted by Crippen LogP contribution is 2.41. The maximum Gasteiger partial charge on any atom is 0.333 e. The molecule has 1 aliphatic heterocycles. The lowest BCUT2D eigenvalue weighted by Crippen LogP contribution is -2.54. The van der Waals surface area contributed by atoms with Crippen molar-refractivity contribution in [1.29, 1.82) is 0 Å². The number of imide groups is 1. The Morgan fingerprint density at radius 2 is 1.40 bits per heavy atom. The molecule has 3 aliphatic rings. The zero-order chi connectivity index (χ0) is 28.1. The second kappa shape index (κ2) is 12.2. The molecule has 1 heterocycles. The first-order valence-electron chi connectivity index (χ1n) is 14.6. The average molecular weight is 546 g/mol. The van der Waals surface area contributed by atoms with E-state index in [9.17, 15) is 19.2 Å². The number of carbonyl (C=O) groups is 4. The Kier molecular flexibility index (Phi) is 8.52. The van der Waals surface area contributed by atoms with Crippen LogP contribution in [-0.4, -0.2) is 47.8 Å². The number of benzene rings is 2. The first-order valence-corrected chi connectivity index (χ1v) is 14.6. The van der Waals surface area contributed by atoms with Gasteiger partial charge in [-0.25, -0.2) is 14.5 Å². The van der Waals surface area contributed by atoms with Crippen molar-refractivity contribution in [3.63, 3.8) is 0 Å². The summed E-state index contributed by atoms with van der Waals surface area (Å²) in [5, 5.41) is 0. The smallest absolute Gasteiger partial charge is 0.333 e. The molecule has 2 fully saturated rings. The zero-order valence-corrected chi connectivity index (χ0v) is 23.3. The Balaban J connectivity index is 1.46. The van der Waals surface area contributed by atoms with Gasteiger partial charge in [-0.15, -0.1) is 0 Å². The number of esters is 1. The molecular weight excluding hydrogens is 506 g/mol. The van der Waals surface area contributed by atoms with E-state index in [4.69, 9.17) is 4.74 Å². The van der Waals surface area contributed by atoms with E-state index in [2.05, 4.69) is 0 Å². The fourth-order valence-corrected chi connectivity index (χ4v) is 6.30. The average Bonchev–Trinajstić information content (AvgIpc) is 3.06. The lowest BCUT2D eigenvalue weighted by Gasteiger charge is -2.35. The van der Waals surface area contributed by atoms with E-state index in [1.54, 1.807) is 11.0 Å². The minimum atomic E-state index is -0.675. The second-order valence-corrected chi connectivity index (χ2v) is 11.6. The number of ketones is 1. The third kappa shape index (κ3) is 5.91. The monoisotopic (exact) mass is 545 g/mol. The molecule has 2 aromatic carbocycles. The molecule has 4 amide bonds. The van der Waals surface area contributed by atoms with Crippen molar-refractivity contribution in [2.75, 3.05) is 22.9 Å². The highest BCUT2D eigenvalue weighted by Gasteiger charge is 2.44. The number of hydrogen-bond acceptors (Lipinski definition) is 5. The van der Waals surface area contributed by atoms with Crippen LogP contribution >= 0.6 is 0 Å². The van der Waals surface area contributed by atoms with Crippen molar-refractivity contribution in [3.8, 4) is 0 Å². The summed E-state index contributed by atoms with van der Waals surface area (Å²) in [6.07, 6.45) is 9.38. The summed E-state index contributed by atoms with van der Waals surface area (Å²) < 4.78 is 5.46. The van der Waals surface area contributed by atoms with Gasteiger partial charge in [0, 0.05) is 11.5 Å². The number of Topliss-reactive ketones (excluding diaryl/α,β-unsaturated/α-hetero) is 1. The number of para-hydroxylation sites is 2. The molecule has 0 spiro atoms. The van der Waals surface area contributed by atoms with Crippen LogP contribution in [0.4, 0.5) is 21.0 Å². The van der Waals surface area contributed by atoms with Gasteiger partial charge in [0.25, 0.3) is 0 Å². The number of fused-ring (bicyclic) bond motifs is 1. The summed E-state index contributed by atoms with van der Waals surface area (Å²) in [6.45, 7) is 1.36. The van der Waals surface area contributed by atoms with Crippen LogP contribution in [0, 0.1) is 5.41 Å². The van der Waals surface area contributed by atoms with Crippen LogP contribution in [0.25, 0.3) is 0 Å². The van der Waals surface area contributed by atoms with Crippen molar-refractivity contribution in [1.82, 2.24) is 4.90 Å². The Labute approximate surface area is 236 Å². The summed E-state index contributed by atoms with van der Waals surface area (Å²) in [4.78, 5) is 59.0. The predicted molar refractivity (Wildman–Crippen MR) is 153 cm³/mol. The van der Waals surface area contributed by atoms with Gasteiger partial charge in [0.15, 0.2) is 5.78 Å². The fourth-order valence-electron chi connectivity index (χ4n) is 6.30. The maximum absolute atomic E-state index is 14.1. The Morgan fingerprint density at radius 3 is 2.10 bits per heavy atom. The highest BCUT2D eigenvalue weighted by atomic mass is 16.5. The van der Waals surface area contributed by atoms with Gasteiger partial charge in [0.1, 0.15) is 13.2 Å². The highest BCUT2D eigenvalue weighted by molar-refractivity contribution is 6.16. The molecule has 0 unspecified atom stereocenters. The molecule has 0 aromatic heterocycles. The summed E-state index contributed by atoms with van der Waals surface area (Å²) in [6, 6.07) is 15.3. The number of carbonyl (C=O) groups excluding carboxylic acids is 4. The molecule has 0 radical (unpaired) electrons. The summed E-state index contributed by atoms with van der Waals surface area (Å²) >= 11 is 0. The number of anilines is 2. The van der Waals surface area contributed by atoms with E-state index < -0.39 is 30.0 Å². The van der Waals surface area contributed by atoms with Crippen molar-refractivity contribution in [3.05, 3.63) is 60.2 Å². The first-order chi connectivity index (χ1) is 19.4. The van der Waals surface area contributed by atoms with E-state index in [1.165, 1.54) is 4.90 Å². The number of urea groups is 2. The molecular formula is C32H39N3O5. The summed E-state index contributed by atoms with van der Waals surface area (Å²) in [5.74, 6) is -0.689. The molecule has 212 valence electrons. The molecule has 0 N–H and O–H groups in total. The normalized spacial score (nSPS) is 19.7. The maximum atomic E-state index is 14.1. The van der Waals surface area contributed by atoms with Gasteiger partial charge < -0.3 is 4.74 Å². The minimum absolute atomic E-state index is 0.0134. The molecule has 2 saturated carbocycles. The van der Waals surface area contributed by atoms with Gasteiger partial charge in [-0.3, -0.25) is 19.4 Å². The van der Waals surface area contributed by atoms with Gasteiger partial charge in [0.2, 0.25) is 0 Å². The van der Waals surface area contributed by atoms with E-state index in [-0.39, 0.29) is 25.0 Å². The van der Waals surface area contributed by atoms with Crippen LogP contribution in [0.5, 0.6) is 0 Å². The van der Waals surface area contributed by atoms with Gasteiger partial charge in [-0.1, -0.05) is 87.9 Å². The van der Waals surface area contributed by atoms with Crippen molar-refractivity contribution >= 4 is 35.2 Å². The molecule has 8 heteroatoms. The van der Waals surface area contributed by atoms with Gasteiger partial charge in [0.05, 0.1) is 17.9 Å². The number of amides is 4. The Hall–Kier alpha value is -3.68. The van der Waals surface area contributed by atoms with E-state index in [0.29, 0.717) is 11.4 Å². The molecule has 5 rings (SSSR count). The van der Waals surface area contributed by atoms with Crippen LogP contribution < -0.4 is 9.80 Å². The van der Waals surface area contributed by atoms with Crippen LogP contribution in [0.3, 0.4) is 0 Å². The number of nitrogens with zero attached hydrogens (tertiary/aromatic N) is 3. The summed E-state index contributed by atoms with van der Waals surface area (Å²) in [7, 11) is 0. The summed E-state index contributed by atoms with van der Waals surface area (Å²) in [5.41, 5.74) is 1.44. The Bertz CT molecular complexity index is 1230. The number of rotatable bonds is 8. The topological polar surface area (TPSA) is 87.2 Å². The largest absolute Gasteiger partial charge is 0.459 e. The van der Waals surface area contributed by atoms with Crippen molar-refractivity contribution < 1.29 is 23.9 Å². The molecule has 2 aromatic rings. The number of ether oxygens (including phenoxy) is 1. The van der Waals surface area contributed by atoms with Crippen LogP contribution in [0.15, 0.2) is 54.6 Å². The van der Waals surface area contributed by atoms with E-state index in [1.807, 2.05) is 55.5 Å². The molecule has 0 bridgehead atoms. The first kappa shape index (κ1) is 27.9. The Morgan fingerprint density at radius 1 is 0.775 bits per heavy atom. The lowest BCUT2D eigenvalue weighted by molar-refractivity contribution is -0.145. The van der Waals surface area contributed by atoms with Crippen molar-refractivity contribution in [2.45, 2.75) is 83.8 Å². The van der Waals surface area contributed by atoms with Crippen LogP contribution in [0.1, 0.15) is 76.7 Å². The standard InChI is InChI=1S/C32H39N3O5/c1-32(19-11-4-12-20-32)28(36)21-33-26-17-9-10-18-27(26)35(25-15-7-3-8-16-25)31(39)34(30(33)38)22-29(37)40-23-24-13-5-2-6-14-24/h2,5-6,9-10,13-14,17-18,25H,3-4,7-8,11-12,15-16,19-23H2,1H3. The SMILES string of the molecule is CC1(C(=O)CN2C(=O)N(CC(=O)OCc3ccccc3)C(=O)N(C3CCCCC3)c3ccccc32)CCCCC1. The van der Waals surface area contributed by atoms with E-state index >= 15 is 0 Å². The molecule has 0 saturated heterocycles. The second-order valence-electron chi connectivity index (χ2n) is 11.6. The van der Waals surface area contributed by atoms with E-state index in [0.717, 1.165) is 74.7 Å². The molecule has 40 heavy (non-hydrogen) atoms. The van der Waals surface area contributed by atoms with Gasteiger partial charge in [-0.05, 0) is 43.4 Å². The quantitative estimate of drug-likeness (QED) is 0.355. The molecule has 8 nitrogen and oxygen atoms in total. The lowest BCUT2D eigenvalue weighted by atomic mass is 9.72. The van der Waals surface area contributed by atoms with Crippen LogP contribution in [-0.2, 0) is 20.9 Å². The third-order valence-corrected chi connectivity index (χ3v) is 8.73. The molecule has 0 atom stereocenters. The fraction of sp³-hybridized carbons (Fsp3) is 0.500. The van der Waals surface area contributed by atoms with Crippen LogP contribution in [0.2, 0.25) is 0 Å². The minimum Gasteiger partial charge on any atom is -0.459 e. The number of hydrogen-bond donors (Lipinski definition) is 0. The molecule has 2 aliphatic carbocycles.